The van der Waals surface area contributed by atoms with E-state index in [0.29, 0.717) is 0 Å². The highest BCUT2D eigenvalue weighted by Crippen LogP contribution is 2.11. The largest absolute Gasteiger partial charge is 0.298 e. The Morgan fingerprint density at radius 3 is 1.29 bits per heavy atom. The van der Waals surface area contributed by atoms with E-state index in [9.17, 15) is 9.59 Å². The summed E-state index contributed by atoms with van der Waals surface area (Å²) in [5.74, 6) is 0. The zero-order valence-corrected chi connectivity index (χ0v) is 12.1. The van der Waals surface area contributed by atoms with Gasteiger partial charge in [0, 0.05) is 11.1 Å². The average Bonchev–Trinajstić information content (AvgIpc) is 2.55. The van der Waals surface area contributed by atoms with Crippen molar-refractivity contribution in [3.63, 3.8) is 0 Å². The molecule has 21 heavy (non-hydrogen) atoms. The van der Waals surface area contributed by atoms with Crippen LogP contribution in [0.4, 0.5) is 0 Å². The van der Waals surface area contributed by atoms with Gasteiger partial charge in [-0.15, -0.1) is 0 Å². The molecule has 0 radical (unpaired) electrons. The molecule has 2 rings (SSSR count). The molecule has 0 bridgehead atoms. The van der Waals surface area contributed by atoms with Crippen LogP contribution in [0.2, 0.25) is 0 Å². The van der Waals surface area contributed by atoms with Gasteiger partial charge >= 0.3 is 0 Å². The fraction of sp³-hybridized carbons (Fsp3) is 0.263. The van der Waals surface area contributed by atoms with E-state index in [4.69, 9.17) is 0 Å². The molecule has 0 aliphatic rings. The van der Waals surface area contributed by atoms with E-state index in [2.05, 4.69) is 0 Å². The van der Waals surface area contributed by atoms with Crippen molar-refractivity contribution in [3.05, 3.63) is 70.8 Å². The van der Waals surface area contributed by atoms with Gasteiger partial charge in [0.05, 0.1) is 0 Å². The number of hydrogen-bond acceptors (Lipinski definition) is 2. The minimum Gasteiger partial charge on any atom is -0.298 e. The second kappa shape index (κ2) is 8.15. The van der Waals surface area contributed by atoms with Crippen LogP contribution < -0.4 is 0 Å². The van der Waals surface area contributed by atoms with E-state index in [-0.39, 0.29) is 0 Å². The zero-order chi connectivity index (χ0) is 14.9. The van der Waals surface area contributed by atoms with Crippen molar-refractivity contribution in [2.75, 3.05) is 0 Å². The lowest BCUT2D eigenvalue weighted by atomic mass is 10.0. The van der Waals surface area contributed by atoms with E-state index in [1.807, 2.05) is 48.5 Å². The van der Waals surface area contributed by atoms with Gasteiger partial charge in [-0.2, -0.15) is 0 Å². The number of carbonyl (C=O) groups excluding carboxylic acids is 2. The molecule has 0 aliphatic carbocycles. The van der Waals surface area contributed by atoms with Crippen LogP contribution in [0, 0.1) is 0 Å². The molecule has 2 aromatic carbocycles. The highest BCUT2D eigenvalue weighted by atomic mass is 16.1. The molecule has 0 heterocycles. The molecule has 2 nitrogen and oxygen atoms in total. The molecule has 0 amide bonds. The molecular weight excluding hydrogens is 260 g/mol. The number of benzene rings is 2. The first-order valence-corrected chi connectivity index (χ1v) is 7.40. The molecule has 0 saturated carbocycles. The number of carbonyl (C=O) groups is 2. The molecular formula is C19H20O2. The van der Waals surface area contributed by atoms with Crippen LogP contribution >= 0.6 is 0 Å². The molecule has 0 atom stereocenters. The van der Waals surface area contributed by atoms with Crippen LogP contribution in [-0.2, 0) is 12.8 Å². The van der Waals surface area contributed by atoms with Crippen LogP contribution in [0.15, 0.2) is 48.5 Å². The standard InChI is InChI=1S/C19H20O2/c20-14-18-10-6-16(7-11-18)4-2-1-3-5-17-8-12-19(15-21)13-9-17/h6-15H,1-5H2. The fourth-order valence-electron chi connectivity index (χ4n) is 2.36. The Balaban J connectivity index is 1.66. The van der Waals surface area contributed by atoms with Gasteiger partial charge in [-0.25, -0.2) is 0 Å². The summed E-state index contributed by atoms with van der Waals surface area (Å²) >= 11 is 0. The molecule has 0 aromatic heterocycles. The molecule has 0 fully saturated rings. The topological polar surface area (TPSA) is 34.1 Å². The van der Waals surface area contributed by atoms with Gasteiger partial charge in [0.15, 0.2) is 0 Å². The average molecular weight is 280 g/mol. The fourth-order valence-corrected chi connectivity index (χ4v) is 2.36. The summed E-state index contributed by atoms with van der Waals surface area (Å²) in [6, 6.07) is 15.6. The van der Waals surface area contributed by atoms with Crippen molar-refractivity contribution < 1.29 is 9.59 Å². The minimum absolute atomic E-state index is 0.734. The van der Waals surface area contributed by atoms with E-state index in [1.54, 1.807) is 0 Å². The van der Waals surface area contributed by atoms with Crippen LogP contribution in [0.25, 0.3) is 0 Å². The lowest BCUT2D eigenvalue weighted by Crippen LogP contribution is -1.90. The maximum Gasteiger partial charge on any atom is 0.150 e. The van der Waals surface area contributed by atoms with Crippen molar-refractivity contribution in [1.29, 1.82) is 0 Å². The van der Waals surface area contributed by atoms with Crippen molar-refractivity contribution in [1.82, 2.24) is 0 Å². The summed E-state index contributed by atoms with van der Waals surface area (Å²) in [5, 5.41) is 0. The molecule has 0 spiro atoms. The quantitative estimate of drug-likeness (QED) is 0.534. The molecule has 0 saturated heterocycles. The van der Waals surface area contributed by atoms with Crippen LogP contribution in [0.5, 0.6) is 0 Å². The summed E-state index contributed by atoms with van der Waals surface area (Å²) in [5.41, 5.74) is 4.04. The molecule has 2 aromatic rings. The number of rotatable bonds is 8. The maximum absolute atomic E-state index is 10.6. The monoisotopic (exact) mass is 280 g/mol. The van der Waals surface area contributed by atoms with Gasteiger partial charge < -0.3 is 0 Å². The number of aryl methyl sites for hydroxylation is 2. The number of aldehydes is 2. The van der Waals surface area contributed by atoms with Gasteiger partial charge in [-0.05, 0) is 36.8 Å². The number of unbranched alkanes of at least 4 members (excludes halogenated alkanes) is 2. The Labute approximate surface area is 125 Å². The maximum atomic E-state index is 10.6. The molecule has 2 heteroatoms. The Kier molecular flexibility index (Phi) is 5.89. The van der Waals surface area contributed by atoms with Crippen LogP contribution in [-0.4, -0.2) is 12.6 Å². The predicted molar refractivity (Wildman–Crippen MR) is 84.9 cm³/mol. The third-order valence-corrected chi connectivity index (χ3v) is 3.66. The predicted octanol–water partition coefficient (Wildman–Crippen LogP) is 4.27. The van der Waals surface area contributed by atoms with Gasteiger partial charge in [0.25, 0.3) is 0 Å². The van der Waals surface area contributed by atoms with Crippen molar-refractivity contribution in [3.8, 4) is 0 Å². The molecule has 0 aliphatic heterocycles. The number of hydrogen-bond donors (Lipinski definition) is 0. The minimum atomic E-state index is 0.734. The summed E-state index contributed by atoms with van der Waals surface area (Å²) < 4.78 is 0. The van der Waals surface area contributed by atoms with Crippen LogP contribution in [0.3, 0.4) is 0 Å². The summed E-state index contributed by atoms with van der Waals surface area (Å²) in [4.78, 5) is 21.1. The van der Waals surface area contributed by atoms with E-state index < -0.39 is 0 Å². The third kappa shape index (κ3) is 4.99. The van der Waals surface area contributed by atoms with Gasteiger partial charge in [0.2, 0.25) is 0 Å². The summed E-state index contributed by atoms with van der Waals surface area (Å²) in [7, 11) is 0. The van der Waals surface area contributed by atoms with Crippen molar-refractivity contribution in [2.24, 2.45) is 0 Å². The van der Waals surface area contributed by atoms with Gasteiger partial charge in [-0.1, -0.05) is 55.0 Å². The highest BCUT2D eigenvalue weighted by molar-refractivity contribution is 5.75. The Morgan fingerprint density at radius 2 is 0.952 bits per heavy atom. The first kappa shape index (κ1) is 15.2. The lowest BCUT2D eigenvalue weighted by molar-refractivity contribution is 0.111. The Bertz CT molecular complexity index is 514. The molecule has 0 N–H and O–H groups in total. The first-order valence-electron chi connectivity index (χ1n) is 7.40. The van der Waals surface area contributed by atoms with E-state index in [1.165, 1.54) is 17.5 Å². The van der Waals surface area contributed by atoms with E-state index in [0.717, 1.165) is 49.4 Å². The summed E-state index contributed by atoms with van der Waals surface area (Å²) in [6.07, 6.45) is 7.37. The van der Waals surface area contributed by atoms with Crippen molar-refractivity contribution in [2.45, 2.75) is 32.1 Å². The second-order valence-electron chi connectivity index (χ2n) is 5.28. The van der Waals surface area contributed by atoms with E-state index >= 15 is 0 Å². The normalized spacial score (nSPS) is 10.3. The van der Waals surface area contributed by atoms with Gasteiger partial charge in [0.1, 0.15) is 12.6 Å². The second-order valence-corrected chi connectivity index (χ2v) is 5.28. The SMILES string of the molecule is O=Cc1ccc(CCCCCc2ccc(C=O)cc2)cc1. The first-order chi connectivity index (χ1) is 10.3. The van der Waals surface area contributed by atoms with Crippen LogP contribution in [0.1, 0.15) is 51.1 Å². The Morgan fingerprint density at radius 1 is 0.571 bits per heavy atom. The Hall–Kier alpha value is -2.22. The van der Waals surface area contributed by atoms with Gasteiger partial charge in [-0.3, -0.25) is 9.59 Å². The van der Waals surface area contributed by atoms with Crippen molar-refractivity contribution >= 4 is 12.6 Å². The smallest absolute Gasteiger partial charge is 0.150 e. The molecule has 0 unspecified atom stereocenters. The molecule has 108 valence electrons. The summed E-state index contributed by atoms with van der Waals surface area (Å²) in [6.45, 7) is 0. The third-order valence-electron chi connectivity index (χ3n) is 3.66. The highest BCUT2D eigenvalue weighted by Gasteiger charge is 1.97. The lowest BCUT2D eigenvalue weighted by Gasteiger charge is -2.03. The zero-order valence-electron chi connectivity index (χ0n) is 12.1.